The van der Waals surface area contributed by atoms with Crippen LogP contribution in [-0.2, 0) is 6.42 Å². The molecule has 11 rings (SSSR count). The summed E-state index contributed by atoms with van der Waals surface area (Å²) in [5, 5.41) is 4.91. The van der Waals surface area contributed by atoms with Crippen LogP contribution in [0.25, 0.3) is 100 Å². The Bertz CT molecular complexity index is 3150. The van der Waals surface area contributed by atoms with E-state index in [9.17, 15) is 0 Å². The number of fused-ring (bicyclic) bond motifs is 6. The molecule has 0 bridgehead atoms. The van der Waals surface area contributed by atoms with Crippen LogP contribution < -0.4 is 0 Å². The number of pyridine rings is 1. The first-order chi connectivity index (χ1) is 28.2. The van der Waals surface area contributed by atoms with Crippen molar-refractivity contribution in [1.82, 2.24) is 15.0 Å². The average Bonchev–Trinajstić information content (AvgIpc) is 3.68. The third-order valence-corrected chi connectivity index (χ3v) is 11.3. The maximum Gasteiger partial charge on any atom is 0.160 e. The number of benzene rings is 8. The largest absolute Gasteiger partial charge is 0.256 e. The second kappa shape index (κ2) is 13.7. The van der Waals surface area contributed by atoms with Crippen molar-refractivity contribution in [3.8, 4) is 78.5 Å². The summed E-state index contributed by atoms with van der Waals surface area (Å²) in [6, 6.07) is 69.2. The van der Waals surface area contributed by atoms with E-state index in [0.29, 0.717) is 5.82 Å². The predicted molar refractivity (Wildman–Crippen MR) is 236 cm³/mol. The summed E-state index contributed by atoms with van der Waals surface area (Å²) in [5.41, 5.74) is 16.5. The van der Waals surface area contributed by atoms with Gasteiger partial charge >= 0.3 is 0 Å². The van der Waals surface area contributed by atoms with E-state index in [-0.39, 0.29) is 0 Å². The molecule has 3 nitrogen and oxygen atoms in total. The van der Waals surface area contributed by atoms with E-state index in [1.54, 1.807) is 0 Å². The van der Waals surface area contributed by atoms with Crippen molar-refractivity contribution < 1.29 is 0 Å². The van der Waals surface area contributed by atoms with Crippen LogP contribution in [0.4, 0.5) is 0 Å². The van der Waals surface area contributed by atoms with Crippen molar-refractivity contribution in [3.63, 3.8) is 0 Å². The first kappa shape index (κ1) is 32.9. The summed E-state index contributed by atoms with van der Waals surface area (Å²) in [4.78, 5) is 15.7. The quantitative estimate of drug-likeness (QED) is 0.160. The molecule has 0 spiro atoms. The van der Waals surface area contributed by atoms with Crippen molar-refractivity contribution in [2.75, 3.05) is 0 Å². The Balaban J connectivity index is 1.17. The highest BCUT2D eigenvalue weighted by Crippen LogP contribution is 2.43. The fourth-order valence-electron chi connectivity index (χ4n) is 8.60. The number of rotatable bonds is 6. The first-order valence-corrected chi connectivity index (χ1v) is 19.5. The molecule has 1 aliphatic carbocycles. The molecule has 2 heterocycles. The second-order valence-corrected chi connectivity index (χ2v) is 14.8. The zero-order valence-corrected chi connectivity index (χ0v) is 31.1. The third kappa shape index (κ3) is 5.89. The maximum atomic E-state index is 5.40. The monoisotopic (exact) mass is 725 g/mol. The van der Waals surface area contributed by atoms with Gasteiger partial charge in [0.1, 0.15) is 0 Å². The van der Waals surface area contributed by atoms with Gasteiger partial charge in [-0.25, -0.2) is 9.97 Å². The number of nitrogens with zero attached hydrogens (tertiary/aromatic N) is 3. The fourth-order valence-corrected chi connectivity index (χ4v) is 8.60. The van der Waals surface area contributed by atoms with Crippen LogP contribution in [0.1, 0.15) is 11.1 Å². The molecular weight excluding hydrogens is 691 g/mol. The summed E-state index contributed by atoms with van der Waals surface area (Å²) >= 11 is 0. The van der Waals surface area contributed by atoms with Crippen LogP contribution >= 0.6 is 0 Å². The fraction of sp³-hybridized carbons (Fsp3) is 0.0185. The molecule has 0 aliphatic heterocycles. The average molecular weight is 726 g/mol. The molecule has 8 aromatic carbocycles. The predicted octanol–water partition coefficient (Wildman–Crippen LogP) is 13.8. The van der Waals surface area contributed by atoms with Gasteiger partial charge in [-0.3, -0.25) is 4.98 Å². The van der Waals surface area contributed by atoms with Crippen LogP contribution in [0, 0.1) is 0 Å². The Kier molecular flexibility index (Phi) is 7.89. The SMILES string of the molecule is c1ccc(-c2cccc(-c3cc(-c4ccccc4)nc(-c4cc(-c5ccnc6c5Cc5ccccc5-6)cc(-c5cc6ccccc6c6ccccc56)c4)n3)c2)cc1. The van der Waals surface area contributed by atoms with E-state index in [4.69, 9.17) is 15.0 Å². The molecule has 0 fully saturated rings. The Morgan fingerprint density at radius 1 is 0.351 bits per heavy atom. The molecule has 57 heavy (non-hydrogen) atoms. The molecule has 1 aliphatic rings. The maximum absolute atomic E-state index is 5.40. The summed E-state index contributed by atoms with van der Waals surface area (Å²) in [6.07, 6.45) is 2.80. The molecular formula is C54H35N3. The van der Waals surface area contributed by atoms with E-state index < -0.39 is 0 Å². The lowest BCUT2D eigenvalue weighted by atomic mass is 9.89. The Morgan fingerprint density at radius 2 is 0.947 bits per heavy atom. The smallest absolute Gasteiger partial charge is 0.160 e. The molecule has 0 saturated carbocycles. The van der Waals surface area contributed by atoms with E-state index >= 15 is 0 Å². The third-order valence-electron chi connectivity index (χ3n) is 11.3. The van der Waals surface area contributed by atoms with Crippen LogP contribution in [0.3, 0.4) is 0 Å². The molecule has 3 heteroatoms. The van der Waals surface area contributed by atoms with E-state index in [0.717, 1.165) is 56.9 Å². The van der Waals surface area contributed by atoms with Gasteiger partial charge in [-0.1, -0.05) is 152 Å². The Labute approximate surface area is 331 Å². The van der Waals surface area contributed by atoms with Gasteiger partial charge in [0.15, 0.2) is 5.82 Å². The van der Waals surface area contributed by atoms with Gasteiger partial charge in [0.2, 0.25) is 0 Å². The van der Waals surface area contributed by atoms with Crippen LogP contribution in [0.5, 0.6) is 0 Å². The van der Waals surface area contributed by atoms with Gasteiger partial charge in [-0.05, 0) is 109 Å². The normalized spacial score (nSPS) is 11.8. The number of hydrogen-bond acceptors (Lipinski definition) is 3. The Morgan fingerprint density at radius 3 is 1.77 bits per heavy atom. The van der Waals surface area contributed by atoms with Gasteiger partial charge in [-0.2, -0.15) is 0 Å². The van der Waals surface area contributed by atoms with Crippen molar-refractivity contribution in [2.24, 2.45) is 0 Å². The zero-order valence-electron chi connectivity index (χ0n) is 31.1. The van der Waals surface area contributed by atoms with Gasteiger partial charge in [0.05, 0.1) is 17.1 Å². The number of aromatic nitrogens is 3. The molecule has 0 saturated heterocycles. The Hall–Kier alpha value is -7.49. The van der Waals surface area contributed by atoms with Crippen molar-refractivity contribution in [1.29, 1.82) is 0 Å². The van der Waals surface area contributed by atoms with Crippen molar-refractivity contribution >= 4 is 21.5 Å². The van der Waals surface area contributed by atoms with Crippen molar-refractivity contribution in [3.05, 3.63) is 211 Å². The zero-order chi connectivity index (χ0) is 37.7. The molecule has 0 atom stereocenters. The molecule has 0 unspecified atom stereocenters. The van der Waals surface area contributed by atoms with Crippen LogP contribution in [0.15, 0.2) is 200 Å². The lowest BCUT2D eigenvalue weighted by molar-refractivity contribution is 1.18. The topological polar surface area (TPSA) is 38.7 Å². The summed E-state index contributed by atoms with van der Waals surface area (Å²) in [5.74, 6) is 0.679. The lowest BCUT2D eigenvalue weighted by Crippen LogP contribution is -1.98. The second-order valence-electron chi connectivity index (χ2n) is 14.8. The molecule has 10 aromatic rings. The highest BCUT2D eigenvalue weighted by atomic mass is 14.9. The van der Waals surface area contributed by atoms with Gasteiger partial charge in [-0.15, -0.1) is 0 Å². The summed E-state index contributed by atoms with van der Waals surface area (Å²) in [6.45, 7) is 0. The van der Waals surface area contributed by atoms with Gasteiger partial charge in [0.25, 0.3) is 0 Å². The van der Waals surface area contributed by atoms with Crippen molar-refractivity contribution in [2.45, 2.75) is 6.42 Å². The minimum Gasteiger partial charge on any atom is -0.256 e. The van der Waals surface area contributed by atoms with E-state index in [1.165, 1.54) is 54.9 Å². The number of hydrogen-bond donors (Lipinski definition) is 0. The van der Waals surface area contributed by atoms with Crippen LogP contribution in [-0.4, -0.2) is 15.0 Å². The van der Waals surface area contributed by atoms with Crippen LogP contribution in [0.2, 0.25) is 0 Å². The van der Waals surface area contributed by atoms with Gasteiger partial charge < -0.3 is 0 Å². The molecule has 0 radical (unpaired) electrons. The summed E-state index contributed by atoms with van der Waals surface area (Å²) in [7, 11) is 0. The highest BCUT2D eigenvalue weighted by Gasteiger charge is 2.24. The lowest BCUT2D eigenvalue weighted by Gasteiger charge is -2.16. The first-order valence-electron chi connectivity index (χ1n) is 19.5. The molecule has 0 N–H and O–H groups in total. The minimum atomic E-state index is 0.679. The van der Waals surface area contributed by atoms with Gasteiger partial charge in [0, 0.05) is 34.9 Å². The highest BCUT2D eigenvalue weighted by molar-refractivity contribution is 6.14. The molecule has 2 aromatic heterocycles. The molecule has 266 valence electrons. The van der Waals surface area contributed by atoms with E-state index in [1.807, 2.05) is 12.3 Å². The molecule has 0 amide bonds. The minimum absolute atomic E-state index is 0.679. The standard InChI is InChI=1S/C54H35N3/c1-3-14-35(15-4-1)37-20-13-21-40(28-37)52-34-51(36-16-5-2-6-17-36)56-54(57-52)43-30-41(45-26-27-55-53-46-23-10-8-19-39(46)33-50(45)53)29-42(31-43)49-32-38-18-7-9-22-44(38)47-24-11-12-25-48(47)49/h1-32,34H,33H2. The van der Waals surface area contributed by atoms with E-state index in [2.05, 4.69) is 188 Å². The summed E-state index contributed by atoms with van der Waals surface area (Å²) < 4.78 is 0.